The summed E-state index contributed by atoms with van der Waals surface area (Å²) in [5.41, 5.74) is -3.98. The summed E-state index contributed by atoms with van der Waals surface area (Å²) in [7, 11) is -4.02. The maximum absolute atomic E-state index is 12.7. The number of amides is 1. The van der Waals surface area contributed by atoms with E-state index < -0.39 is 33.7 Å². The molecule has 0 aliphatic carbocycles. The predicted molar refractivity (Wildman–Crippen MR) is 97.8 cm³/mol. The molecule has 29 heavy (non-hydrogen) atoms. The van der Waals surface area contributed by atoms with Gasteiger partial charge in [0.2, 0.25) is 15.6 Å². The van der Waals surface area contributed by atoms with Gasteiger partial charge in [0, 0.05) is 13.0 Å². The molecule has 1 aromatic carbocycles. The quantitative estimate of drug-likeness (QED) is 0.383. The number of carbonyl (C=O) groups is 2. The maximum Gasteiger partial charge on any atom is 0.426 e. The Kier molecular flexibility index (Phi) is 8.45. The van der Waals surface area contributed by atoms with Crippen molar-refractivity contribution < 1.29 is 41.0 Å². The number of aliphatic hydroxyl groups is 1. The van der Waals surface area contributed by atoms with Crippen LogP contribution in [0.25, 0.3) is 0 Å². The summed E-state index contributed by atoms with van der Waals surface area (Å²) in [6.45, 7) is 2.06. The highest BCUT2D eigenvalue weighted by molar-refractivity contribution is 7.89. The van der Waals surface area contributed by atoms with E-state index in [1.54, 1.807) is 12.2 Å². The second kappa shape index (κ2) is 9.74. The van der Waals surface area contributed by atoms with Crippen molar-refractivity contribution >= 4 is 39.2 Å². The summed E-state index contributed by atoms with van der Waals surface area (Å²) in [6, 6.07) is 2.92. The molecule has 1 unspecified atom stereocenters. The summed E-state index contributed by atoms with van der Waals surface area (Å²) < 4.78 is 69.4. The molecule has 0 aromatic heterocycles. The molecule has 1 aromatic rings. The topological polar surface area (TPSA) is 122 Å². The Morgan fingerprint density at radius 1 is 1.28 bits per heavy atom. The first-order valence-electron chi connectivity index (χ1n) is 8.27. The molecule has 0 heterocycles. The molecule has 1 rings (SSSR count). The molecular weight excluding hydrogens is 441 g/mol. The average molecular weight is 461 g/mol. The number of rotatable bonds is 9. The first-order valence-corrected chi connectivity index (χ1v) is 10.1. The Morgan fingerprint density at radius 3 is 2.41 bits per heavy atom. The number of esters is 1. The Morgan fingerprint density at radius 2 is 1.90 bits per heavy atom. The number of sulfonamides is 1. The minimum absolute atomic E-state index is 0.0151. The van der Waals surface area contributed by atoms with Crippen LogP contribution >= 0.6 is 11.6 Å². The predicted octanol–water partition coefficient (Wildman–Crippen LogP) is 2.21. The maximum atomic E-state index is 12.7. The largest absolute Gasteiger partial charge is 0.466 e. The van der Waals surface area contributed by atoms with Crippen molar-refractivity contribution in [2.45, 2.75) is 43.4 Å². The van der Waals surface area contributed by atoms with Crippen molar-refractivity contribution in [3.8, 4) is 0 Å². The minimum atomic E-state index is -5.22. The summed E-state index contributed by atoms with van der Waals surface area (Å²) >= 11 is 5.85. The number of carbonyl (C=O) groups excluding carboxylic acids is 2. The fourth-order valence-corrected chi connectivity index (χ4v) is 3.29. The van der Waals surface area contributed by atoms with Crippen LogP contribution in [0.1, 0.15) is 26.7 Å². The highest BCUT2D eigenvalue weighted by Gasteiger charge is 2.55. The Balaban J connectivity index is 2.81. The van der Waals surface area contributed by atoms with E-state index in [1.807, 2.05) is 0 Å². The van der Waals surface area contributed by atoms with Gasteiger partial charge in [-0.3, -0.25) is 9.59 Å². The van der Waals surface area contributed by atoms with Gasteiger partial charge in [-0.1, -0.05) is 11.6 Å². The standard InChI is InChI=1S/C16H20ClF3N2O6S/c1-3-28-13(23)5-4-8-21-29(26,27)10-6-7-12(11(17)9-10)22-14(24)15(2,25)16(18,19)20/h6-7,9,21,25H,3-5,8H2,1-2H3,(H,22,24). The number of hydrogen-bond donors (Lipinski definition) is 3. The molecule has 1 atom stereocenters. The van der Waals surface area contributed by atoms with E-state index in [2.05, 4.69) is 4.72 Å². The average Bonchev–Trinajstić information content (AvgIpc) is 2.59. The molecule has 164 valence electrons. The molecule has 3 N–H and O–H groups in total. The first kappa shape index (κ1) is 25.1. The Labute approximate surface area is 170 Å². The van der Waals surface area contributed by atoms with Gasteiger partial charge in [-0.25, -0.2) is 13.1 Å². The van der Waals surface area contributed by atoms with Crippen LogP contribution in [0.3, 0.4) is 0 Å². The summed E-state index contributed by atoms with van der Waals surface area (Å²) in [6.07, 6.45) is -5.02. The number of hydrogen-bond acceptors (Lipinski definition) is 6. The van der Waals surface area contributed by atoms with E-state index in [9.17, 15) is 36.3 Å². The van der Waals surface area contributed by atoms with E-state index >= 15 is 0 Å². The van der Waals surface area contributed by atoms with Gasteiger partial charge in [0.05, 0.1) is 22.2 Å². The number of halogens is 4. The van der Waals surface area contributed by atoms with Crippen molar-refractivity contribution in [1.29, 1.82) is 0 Å². The zero-order chi connectivity index (χ0) is 22.5. The van der Waals surface area contributed by atoms with Crippen molar-refractivity contribution in [2.24, 2.45) is 0 Å². The number of benzene rings is 1. The van der Waals surface area contributed by atoms with Crippen molar-refractivity contribution in [3.05, 3.63) is 23.2 Å². The van der Waals surface area contributed by atoms with Crippen molar-refractivity contribution in [1.82, 2.24) is 4.72 Å². The second-order valence-electron chi connectivity index (χ2n) is 5.97. The van der Waals surface area contributed by atoms with Gasteiger partial charge in [-0.15, -0.1) is 0 Å². The second-order valence-corrected chi connectivity index (χ2v) is 8.15. The van der Waals surface area contributed by atoms with E-state index in [0.717, 1.165) is 18.2 Å². The smallest absolute Gasteiger partial charge is 0.426 e. The van der Waals surface area contributed by atoms with E-state index in [1.165, 1.54) is 0 Å². The molecule has 1 amide bonds. The lowest BCUT2D eigenvalue weighted by molar-refractivity contribution is -0.242. The van der Waals surface area contributed by atoms with Gasteiger partial charge in [0.1, 0.15) is 0 Å². The first-order chi connectivity index (χ1) is 13.2. The van der Waals surface area contributed by atoms with Gasteiger partial charge < -0.3 is 15.2 Å². The molecular formula is C16H20ClF3N2O6S. The van der Waals surface area contributed by atoms with Crippen LogP contribution in [0.15, 0.2) is 23.1 Å². The molecule has 0 saturated carbocycles. The van der Waals surface area contributed by atoms with Crippen LogP contribution in [0.5, 0.6) is 0 Å². The molecule has 13 heteroatoms. The number of ether oxygens (including phenoxy) is 1. The lowest BCUT2D eigenvalue weighted by Gasteiger charge is -2.25. The van der Waals surface area contributed by atoms with Gasteiger partial charge in [-0.05, 0) is 38.5 Å². The van der Waals surface area contributed by atoms with Crippen LogP contribution in [0.2, 0.25) is 5.02 Å². The molecule has 8 nitrogen and oxygen atoms in total. The lowest BCUT2D eigenvalue weighted by Crippen LogP contribution is -2.52. The highest BCUT2D eigenvalue weighted by atomic mass is 35.5. The minimum Gasteiger partial charge on any atom is -0.466 e. The van der Waals surface area contributed by atoms with Crippen LogP contribution in [-0.4, -0.2) is 50.3 Å². The molecule has 0 saturated heterocycles. The fourth-order valence-electron chi connectivity index (χ4n) is 1.89. The summed E-state index contributed by atoms with van der Waals surface area (Å²) in [5, 5.41) is 10.8. The monoisotopic (exact) mass is 460 g/mol. The lowest BCUT2D eigenvalue weighted by atomic mass is 10.1. The van der Waals surface area contributed by atoms with Gasteiger partial charge in [0.25, 0.3) is 5.91 Å². The third-order valence-corrected chi connectivity index (χ3v) is 5.42. The van der Waals surface area contributed by atoms with Crippen LogP contribution in [0.4, 0.5) is 18.9 Å². The third-order valence-electron chi connectivity index (χ3n) is 3.65. The zero-order valence-electron chi connectivity index (χ0n) is 15.5. The van der Waals surface area contributed by atoms with E-state index in [0.29, 0.717) is 0 Å². The molecule has 0 fully saturated rings. The van der Waals surface area contributed by atoms with Gasteiger partial charge >= 0.3 is 12.1 Å². The van der Waals surface area contributed by atoms with Crippen LogP contribution < -0.4 is 10.0 Å². The van der Waals surface area contributed by atoms with Crippen LogP contribution in [-0.2, 0) is 24.3 Å². The SMILES string of the molecule is CCOC(=O)CCCNS(=O)(=O)c1ccc(NC(=O)C(C)(O)C(F)(F)F)c(Cl)c1. The third kappa shape index (κ3) is 6.84. The van der Waals surface area contributed by atoms with Crippen molar-refractivity contribution in [2.75, 3.05) is 18.5 Å². The van der Waals surface area contributed by atoms with E-state index in [4.69, 9.17) is 16.3 Å². The molecule has 0 spiro atoms. The Hall–Kier alpha value is -1.89. The normalized spacial score (nSPS) is 14.2. The number of anilines is 1. The van der Waals surface area contributed by atoms with Gasteiger partial charge in [0.15, 0.2) is 0 Å². The Bertz CT molecular complexity index is 859. The van der Waals surface area contributed by atoms with E-state index in [-0.39, 0.29) is 48.5 Å². The van der Waals surface area contributed by atoms with Crippen molar-refractivity contribution in [3.63, 3.8) is 0 Å². The van der Waals surface area contributed by atoms with Gasteiger partial charge in [-0.2, -0.15) is 13.2 Å². The number of alkyl halides is 3. The molecule has 0 bridgehead atoms. The zero-order valence-corrected chi connectivity index (χ0v) is 17.0. The molecule has 0 aliphatic rings. The number of nitrogens with one attached hydrogen (secondary N) is 2. The summed E-state index contributed by atoms with van der Waals surface area (Å²) in [4.78, 5) is 22.6. The molecule has 0 aliphatic heterocycles. The summed E-state index contributed by atoms with van der Waals surface area (Å²) in [5.74, 6) is -2.25. The van der Waals surface area contributed by atoms with Crippen LogP contribution in [0, 0.1) is 0 Å². The molecule has 0 radical (unpaired) electrons. The fraction of sp³-hybridized carbons (Fsp3) is 0.500. The highest BCUT2D eigenvalue weighted by Crippen LogP contribution is 2.32.